The van der Waals surface area contributed by atoms with Gasteiger partial charge in [-0.25, -0.2) is 15.0 Å². The van der Waals surface area contributed by atoms with Crippen molar-refractivity contribution in [3.63, 3.8) is 0 Å². The van der Waals surface area contributed by atoms with Gasteiger partial charge in [0.05, 0.1) is 25.5 Å². The molecular formula is C23H23N5O. The van der Waals surface area contributed by atoms with E-state index in [9.17, 15) is 0 Å². The van der Waals surface area contributed by atoms with E-state index in [1.807, 2.05) is 24.7 Å². The maximum absolute atomic E-state index is 5.46. The summed E-state index contributed by atoms with van der Waals surface area (Å²) < 4.78 is 5.46. The van der Waals surface area contributed by atoms with Crippen molar-refractivity contribution in [3.8, 4) is 11.4 Å². The number of aryl methyl sites for hydroxylation is 1. The molecule has 6 nitrogen and oxygen atoms in total. The zero-order chi connectivity index (χ0) is 19.6. The van der Waals surface area contributed by atoms with E-state index in [2.05, 4.69) is 51.0 Å². The van der Waals surface area contributed by atoms with Crippen LogP contribution >= 0.6 is 0 Å². The molecule has 1 saturated heterocycles. The third-order valence-electron chi connectivity index (χ3n) is 5.50. The number of fused-ring (bicyclic) bond motifs is 1. The molecule has 5 rings (SSSR count). The van der Waals surface area contributed by atoms with Gasteiger partial charge in [-0.3, -0.25) is 4.99 Å². The van der Waals surface area contributed by atoms with Crippen molar-refractivity contribution in [2.24, 2.45) is 4.99 Å². The van der Waals surface area contributed by atoms with E-state index in [0.717, 1.165) is 72.3 Å². The molecule has 0 N–H and O–H groups in total. The highest BCUT2D eigenvalue weighted by atomic mass is 16.5. The molecule has 0 amide bonds. The van der Waals surface area contributed by atoms with Crippen LogP contribution < -0.4 is 4.90 Å². The van der Waals surface area contributed by atoms with Crippen molar-refractivity contribution >= 4 is 11.5 Å². The number of anilines is 1. The fraction of sp³-hybridized carbons (Fsp3) is 0.304. The minimum absolute atomic E-state index is 0.704. The van der Waals surface area contributed by atoms with Crippen LogP contribution in [0.25, 0.3) is 11.4 Å². The molecule has 146 valence electrons. The van der Waals surface area contributed by atoms with Crippen LogP contribution in [0, 0.1) is 0 Å². The van der Waals surface area contributed by atoms with Crippen LogP contribution in [0.1, 0.15) is 29.2 Å². The second-order valence-corrected chi connectivity index (χ2v) is 7.31. The van der Waals surface area contributed by atoms with Crippen molar-refractivity contribution in [1.82, 2.24) is 15.0 Å². The van der Waals surface area contributed by atoms with Crippen LogP contribution in [-0.2, 0) is 17.7 Å². The van der Waals surface area contributed by atoms with Gasteiger partial charge in [0.2, 0.25) is 0 Å². The number of rotatable bonds is 4. The lowest BCUT2D eigenvalue weighted by Gasteiger charge is -2.28. The lowest BCUT2D eigenvalue weighted by molar-refractivity contribution is 0.122. The summed E-state index contributed by atoms with van der Waals surface area (Å²) in [5.41, 5.74) is 6.67. The predicted octanol–water partition coefficient (Wildman–Crippen LogP) is 3.29. The Hall–Kier alpha value is -3.12. The molecule has 0 bridgehead atoms. The molecule has 3 aromatic rings. The molecule has 0 unspecified atom stereocenters. The fourth-order valence-electron chi connectivity index (χ4n) is 3.79. The Bertz CT molecular complexity index is 1060. The Balaban J connectivity index is 1.47. The van der Waals surface area contributed by atoms with Gasteiger partial charge in [-0.15, -0.1) is 0 Å². The summed E-state index contributed by atoms with van der Waals surface area (Å²) in [5.74, 6) is 1.73. The molecule has 2 aliphatic rings. The van der Waals surface area contributed by atoms with Crippen molar-refractivity contribution < 1.29 is 4.74 Å². The van der Waals surface area contributed by atoms with Crippen LogP contribution in [0.4, 0.5) is 5.82 Å². The van der Waals surface area contributed by atoms with E-state index in [4.69, 9.17) is 9.73 Å². The quantitative estimate of drug-likeness (QED) is 0.690. The van der Waals surface area contributed by atoms with Crippen LogP contribution in [0.15, 0.2) is 53.9 Å². The van der Waals surface area contributed by atoms with Gasteiger partial charge in [-0.1, -0.05) is 19.1 Å². The fourth-order valence-corrected chi connectivity index (χ4v) is 3.79. The lowest BCUT2D eigenvalue weighted by atomic mass is 9.98. The second kappa shape index (κ2) is 7.72. The van der Waals surface area contributed by atoms with Gasteiger partial charge in [0.15, 0.2) is 5.82 Å². The molecule has 0 aliphatic carbocycles. The first-order valence-corrected chi connectivity index (χ1v) is 10.1. The van der Waals surface area contributed by atoms with Gasteiger partial charge >= 0.3 is 0 Å². The SMILES string of the molecule is CCc1cnc(-c2ccc3c(c2)C(c2ccnc(N4CCOCC4)c2)=NC3)nc1. The van der Waals surface area contributed by atoms with Crippen LogP contribution in [-0.4, -0.2) is 47.0 Å². The van der Waals surface area contributed by atoms with Gasteiger partial charge in [0.1, 0.15) is 5.82 Å². The highest BCUT2D eigenvalue weighted by molar-refractivity contribution is 6.15. The zero-order valence-electron chi connectivity index (χ0n) is 16.5. The molecule has 0 radical (unpaired) electrons. The minimum Gasteiger partial charge on any atom is -0.378 e. The summed E-state index contributed by atoms with van der Waals surface area (Å²) in [6, 6.07) is 10.6. The van der Waals surface area contributed by atoms with Crippen molar-refractivity contribution in [1.29, 1.82) is 0 Å². The summed E-state index contributed by atoms with van der Waals surface area (Å²) in [6.45, 7) is 6.04. The van der Waals surface area contributed by atoms with E-state index in [1.165, 1.54) is 5.56 Å². The third kappa shape index (κ3) is 3.51. The number of hydrogen-bond acceptors (Lipinski definition) is 6. The number of nitrogens with zero attached hydrogens (tertiary/aromatic N) is 5. The number of pyridine rings is 1. The molecule has 2 aliphatic heterocycles. The Morgan fingerprint density at radius 3 is 2.59 bits per heavy atom. The molecule has 29 heavy (non-hydrogen) atoms. The zero-order valence-corrected chi connectivity index (χ0v) is 16.5. The number of aromatic nitrogens is 3. The Labute approximate surface area is 170 Å². The molecule has 0 spiro atoms. The molecule has 4 heterocycles. The van der Waals surface area contributed by atoms with Crippen LogP contribution in [0.3, 0.4) is 0 Å². The molecular weight excluding hydrogens is 362 g/mol. The molecule has 0 atom stereocenters. The number of benzene rings is 1. The van der Waals surface area contributed by atoms with E-state index < -0.39 is 0 Å². The molecule has 6 heteroatoms. The maximum atomic E-state index is 5.46. The first-order valence-electron chi connectivity index (χ1n) is 10.1. The standard InChI is InChI=1S/C23H23N5O/c1-2-16-13-26-23(27-14-16)18-3-4-19-15-25-22(20(19)11-18)17-5-6-24-21(12-17)28-7-9-29-10-8-28/h3-6,11-14H,2,7-10,15H2,1H3. The average Bonchev–Trinajstić information content (AvgIpc) is 3.23. The minimum atomic E-state index is 0.704. The van der Waals surface area contributed by atoms with Gasteiger partial charge < -0.3 is 9.64 Å². The number of aliphatic imine (C=N–C) groups is 1. The van der Waals surface area contributed by atoms with Gasteiger partial charge in [-0.2, -0.15) is 0 Å². The second-order valence-electron chi connectivity index (χ2n) is 7.31. The summed E-state index contributed by atoms with van der Waals surface area (Å²) in [5, 5.41) is 0. The van der Waals surface area contributed by atoms with Gasteiger partial charge in [0.25, 0.3) is 0 Å². The van der Waals surface area contributed by atoms with Crippen LogP contribution in [0.2, 0.25) is 0 Å². The van der Waals surface area contributed by atoms with Gasteiger partial charge in [-0.05, 0) is 35.7 Å². The van der Waals surface area contributed by atoms with E-state index >= 15 is 0 Å². The first-order chi connectivity index (χ1) is 14.3. The molecule has 1 fully saturated rings. The predicted molar refractivity (Wildman–Crippen MR) is 113 cm³/mol. The Morgan fingerprint density at radius 2 is 1.79 bits per heavy atom. The summed E-state index contributed by atoms with van der Waals surface area (Å²) >= 11 is 0. The van der Waals surface area contributed by atoms with Crippen molar-refractivity contribution in [2.75, 3.05) is 31.2 Å². The number of ether oxygens (including phenoxy) is 1. The van der Waals surface area contributed by atoms with Crippen LogP contribution in [0.5, 0.6) is 0 Å². The summed E-state index contributed by atoms with van der Waals surface area (Å²) in [6.07, 6.45) is 6.62. The molecule has 0 saturated carbocycles. The highest BCUT2D eigenvalue weighted by Gasteiger charge is 2.20. The van der Waals surface area contributed by atoms with E-state index in [1.54, 1.807) is 0 Å². The molecule has 2 aromatic heterocycles. The monoisotopic (exact) mass is 385 g/mol. The van der Waals surface area contributed by atoms with Crippen molar-refractivity contribution in [3.05, 3.63) is 71.2 Å². The largest absolute Gasteiger partial charge is 0.378 e. The first kappa shape index (κ1) is 17.9. The Morgan fingerprint density at radius 1 is 0.966 bits per heavy atom. The average molecular weight is 385 g/mol. The topological polar surface area (TPSA) is 63.5 Å². The molecule has 1 aromatic carbocycles. The van der Waals surface area contributed by atoms with Gasteiger partial charge in [0, 0.05) is 48.4 Å². The highest BCUT2D eigenvalue weighted by Crippen LogP contribution is 2.28. The third-order valence-corrected chi connectivity index (χ3v) is 5.50. The lowest BCUT2D eigenvalue weighted by Crippen LogP contribution is -2.36. The maximum Gasteiger partial charge on any atom is 0.159 e. The van der Waals surface area contributed by atoms with E-state index in [0.29, 0.717) is 6.54 Å². The number of hydrogen-bond donors (Lipinski definition) is 0. The summed E-state index contributed by atoms with van der Waals surface area (Å²) in [7, 11) is 0. The normalized spacial score (nSPS) is 15.9. The van der Waals surface area contributed by atoms with E-state index in [-0.39, 0.29) is 0 Å². The summed E-state index contributed by atoms with van der Waals surface area (Å²) in [4.78, 5) is 20.7. The number of morpholine rings is 1. The van der Waals surface area contributed by atoms with Crippen molar-refractivity contribution in [2.45, 2.75) is 19.9 Å². The Kier molecular flexibility index (Phi) is 4.77. The smallest absolute Gasteiger partial charge is 0.159 e.